The van der Waals surface area contributed by atoms with E-state index in [1.54, 1.807) is 6.21 Å². The number of hydrogen-bond acceptors (Lipinski definition) is 4. The summed E-state index contributed by atoms with van der Waals surface area (Å²) < 4.78 is 5.87. The third-order valence-corrected chi connectivity index (χ3v) is 5.07. The number of fused-ring (bicyclic) bond motifs is 2. The van der Waals surface area contributed by atoms with E-state index in [1.807, 2.05) is 60.7 Å². The normalized spacial score (nSPS) is 11.7. The molecule has 2 heterocycles. The molecule has 0 saturated carbocycles. The van der Waals surface area contributed by atoms with Crippen LogP contribution in [-0.2, 0) is 0 Å². The largest absolute Gasteiger partial charge is 0.448 e. The summed E-state index contributed by atoms with van der Waals surface area (Å²) in [6, 6.07) is 26.1. The highest BCUT2D eigenvalue weighted by atomic mass is 32.2. The fourth-order valence-electron chi connectivity index (χ4n) is 2.99. The Labute approximate surface area is 160 Å². The van der Waals surface area contributed by atoms with E-state index in [0.29, 0.717) is 5.76 Å². The first-order valence-corrected chi connectivity index (χ1v) is 9.41. The Balaban J connectivity index is 1.38. The van der Waals surface area contributed by atoms with Gasteiger partial charge in [-0.15, -0.1) is 0 Å². The van der Waals surface area contributed by atoms with Crippen LogP contribution < -0.4 is 0 Å². The summed E-state index contributed by atoms with van der Waals surface area (Å²) in [5, 5.41) is 3.88. The van der Waals surface area contributed by atoms with Crippen molar-refractivity contribution in [2.45, 2.75) is 10.2 Å². The van der Waals surface area contributed by atoms with Gasteiger partial charge in [0.1, 0.15) is 5.76 Å². The molecule has 130 valence electrons. The Morgan fingerprint density at radius 2 is 1.74 bits per heavy atom. The predicted molar refractivity (Wildman–Crippen MR) is 110 cm³/mol. The number of H-pyrrole nitrogens is 1. The Kier molecular flexibility index (Phi) is 3.99. The molecule has 0 amide bonds. The van der Waals surface area contributed by atoms with Crippen molar-refractivity contribution in [1.82, 2.24) is 9.97 Å². The summed E-state index contributed by atoms with van der Waals surface area (Å²) in [5.74, 6) is 0.710. The van der Waals surface area contributed by atoms with Gasteiger partial charge in [0, 0.05) is 5.39 Å². The molecular formula is C22H15N3OS. The van der Waals surface area contributed by atoms with Crippen LogP contribution >= 0.6 is 11.8 Å². The van der Waals surface area contributed by atoms with E-state index in [2.05, 4.69) is 33.2 Å². The maximum atomic E-state index is 5.87. The highest BCUT2D eigenvalue weighted by Gasteiger charge is 2.07. The second kappa shape index (κ2) is 6.78. The molecule has 0 atom stereocenters. The van der Waals surface area contributed by atoms with Gasteiger partial charge in [-0.25, -0.2) is 4.98 Å². The monoisotopic (exact) mass is 369 g/mol. The molecule has 2 aromatic heterocycles. The van der Waals surface area contributed by atoms with Crippen LogP contribution in [0.25, 0.3) is 21.8 Å². The molecule has 0 unspecified atom stereocenters. The van der Waals surface area contributed by atoms with Crippen molar-refractivity contribution < 1.29 is 4.42 Å². The lowest BCUT2D eigenvalue weighted by Gasteiger charge is -2.00. The summed E-state index contributed by atoms with van der Waals surface area (Å²) >= 11 is 1.46. The zero-order valence-corrected chi connectivity index (χ0v) is 15.1. The van der Waals surface area contributed by atoms with Gasteiger partial charge in [0.15, 0.2) is 10.2 Å². The molecule has 5 heteroatoms. The molecule has 27 heavy (non-hydrogen) atoms. The fraction of sp³-hybridized carbons (Fsp3) is 0. The number of furan rings is 1. The lowest BCUT2D eigenvalue weighted by Crippen LogP contribution is -1.77. The quantitative estimate of drug-likeness (QED) is 0.383. The van der Waals surface area contributed by atoms with E-state index in [-0.39, 0.29) is 0 Å². The summed E-state index contributed by atoms with van der Waals surface area (Å²) in [5.41, 5.74) is 2.89. The minimum Gasteiger partial charge on any atom is -0.448 e. The van der Waals surface area contributed by atoms with Crippen molar-refractivity contribution in [3.05, 3.63) is 84.6 Å². The molecule has 0 radical (unpaired) electrons. The van der Waals surface area contributed by atoms with Crippen molar-refractivity contribution in [3.8, 4) is 0 Å². The van der Waals surface area contributed by atoms with Gasteiger partial charge in [0.2, 0.25) is 0 Å². The first-order valence-electron chi connectivity index (χ1n) is 8.59. The van der Waals surface area contributed by atoms with Gasteiger partial charge in [-0.1, -0.05) is 48.5 Å². The Bertz CT molecular complexity index is 1230. The summed E-state index contributed by atoms with van der Waals surface area (Å²) in [6.45, 7) is 0. The second-order valence-corrected chi connectivity index (χ2v) is 7.07. The average Bonchev–Trinajstić information content (AvgIpc) is 3.32. The highest BCUT2D eigenvalue weighted by molar-refractivity contribution is 7.99. The van der Waals surface area contributed by atoms with E-state index in [0.717, 1.165) is 32.4 Å². The molecule has 1 N–H and O–H groups in total. The molecule has 0 aliphatic heterocycles. The van der Waals surface area contributed by atoms with Gasteiger partial charge in [-0.05, 0) is 47.5 Å². The molecule has 0 spiro atoms. The van der Waals surface area contributed by atoms with E-state index in [4.69, 9.17) is 4.42 Å². The third kappa shape index (κ3) is 3.25. The Hall–Kier alpha value is -3.31. The van der Waals surface area contributed by atoms with E-state index >= 15 is 0 Å². The average molecular weight is 369 g/mol. The number of imidazole rings is 1. The van der Waals surface area contributed by atoms with Gasteiger partial charge in [-0.2, -0.15) is 0 Å². The second-order valence-electron chi connectivity index (χ2n) is 6.07. The molecule has 5 rings (SSSR count). The maximum Gasteiger partial charge on any atom is 0.174 e. The molecular weight excluding hydrogens is 354 g/mol. The number of aromatic nitrogens is 2. The third-order valence-electron chi connectivity index (χ3n) is 4.26. The molecule has 0 aliphatic carbocycles. The van der Waals surface area contributed by atoms with Crippen LogP contribution in [0.4, 0.5) is 5.69 Å². The van der Waals surface area contributed by atoms with Gasteiger partial charge in [-0.3, -0.25) is 4.99 Å². The molecule has 4 nitrogen and oxygen atoms in total. The van der Waals surface area contributed by atoms with Crippen LogP contribution in [0.5, 0.6) is 0 Å². The summed E-state index contributed by atoms with van der Waals surface area (Å²) in [7, 11) is 0. The van der Waals surface area contributed by atoms with Crippen molar-refractivity contribution in [1.29, 1.82) is 0 Å². The van der Waals surface area contributed by atoms with Gasteiger partial charge < -0.3 is 9.40 Å². The number of para-hydroxylation sites is 2. The molecule has 0 aliphatic rings. The smallest absolute Gasteiger partial charge is 0.174 e. The number of aromatic amines is 1. The standard InChI is InChI=1S/C22H15N3OS/c1-2-8-17-15(6-1)7-5-11-18(17)23-14-16-12-13-21(26-16)27-22-24-19-9-3-4-10-20(19)25-22/h1-14H,(H,24,25). The molecule has 0 bridgehead atoms. The van der Waals surface area contributed by atoms with Crippen LogP contribution in [0.1, 0.15) is 5.76 Å². The Morgan fingerprint density at radius 3 is 2.70 bits per heavy atom. The first-order chi connectivity index (χ1) is 13.3. The van der Waals surface area contributed by atoms with Crippen LogP contribution in [0.3, 0.4) is 0 Å². The van der Waals surface area contributed by atoms with E-state index in [1.165, 1.54) is 17.1 Å². The Morgan fingerprint density at radius 1 is 0.889 bits per heavy atom. The predicted octanol–water partition coefficient (Wildman–Crippen LogP) is 6.21. The number of hydrogen-bond donors (Lipinski definition) is 1. The lowest BCUT2D eigenvalue weighted by atomic mass is 10.1. The van der Waals surface area contributed by atoms with Crippen LogP contribution in [0, 0.1) is 0 Å². The van der Waals surface area contributed by atoms with Crippen molar-refractivity contribution in [2.75, 3.05) is 0 Å². The van der Waals surface area contributed by atoms with Crippen molar-refractivity contribution in [2.24, 2.45) is 4.99 Å². The first kappa shape index (κ1) is 15.9. The zero-order valence-electron chi connectivity index (χ0n) is 14.3. The van der Waals surface area contributed by atoms with Crippen LogP contribution in [0.15, 0.2) is 98.5 Å². The molecule has 0 fully saturated rings. The van der Waals surface area contributed by atoms with Gasteiger partial charge in [0.25, 0.3) is 0 Å². The topological polar surface area (TPSA) is 54.2 Å². The van der Waals surface area contributed by atoms with Gasteiger partial charge >= 0.3 is 0 Å². The SMILES string of the molecule is C(=Nc1cccc2ccccc12)c1ccc(Sc2nc3ccccc3[nH]2)o1. The van der Waals surface area contributed by atoms with Crippen LogP contribution in [-0.4, -0.2) is 16.2 Å². The van der Waals surface area contributed by atoms with Crippen molar-refractivity contribution >= 4 is 45.5 Å². The van der Waals surface area contributed by atoms with Crippen molar-refractivity contribution in [3.63, 3.8) is 0 Å². The number of nitrogens with zero attached hydrogens (tertiary/aromatic N) is 2. The van der Waals surface area contributed by atoms with Gasteiger partial charge in [0.05, 0.1) is 22.9 Å². The lowest BCUT2D eigenvalue weighted by molar-refractivity contribution is 0.468. The van der Waals surface area contributed by atoms with Crippen LogP contribution in [0.2, 0.25) is 0 Å². The van der Waals surface area contributed by atoms with E-state index in [9.17, 15) is 0 Å². The highest BCUT2D eigenvalue weighted by Crippen LogP contribution is 2.29. The fourth-order valence-corrected chi connectivity index (χ4v) is 3.76. The number of aliphatic imine (C=N–C) groups is 1. The summed E-state index contributed by atoms with van der Waals surface area (Å²) in [6.07, 6.45) is 1.75. The zero-order chi connectivity index (χ0) is 18.1. The molecule has 0 saturated heterocycles. The minimum atomic E-state index is 0.710. The molecule has 5 aromatic rings. The minimum absolute atomic E-state index is 0.710. The number of benzene rings is 3. The number of nitrogens with one attached hydrogen (secondary N) is 1. The summed E-state index contributed by atoms with van der Waals surface area (Å²) in [4.78, 5) is 12.5. The molecule has 3 aromatic carbocycles. The number of rotatable bonds is 4. The maximum absolute atomic E-state index is 5.87. The van der Waals surface area contributed by atoms with E-state index < -0.39 is 0 Å².